The van der Waals surface area contributed by atoms with E-state index in [1.165, 1.54) is 0 Å². The molecule has 0 spiro atoms. The molecule has 0 aliphatic carbocycles. The lowest BCUT2D eigenvalue weighted by Gasteiger charge is -2.14. The van der Waals surface area contributed by atoms with Gasteiger partial charge >= 0.3 is 0 Å². The van der Waals surface area contributed by atoms with Crippen molar-refractivity contribution in [2.75, 3.05) is 13.7 Å². The monoisotopic (exact) mass is 392 g/mol. The number of amides is 1. The number of carbonyl (C=O) groups excluding carboxylic acids is 1. The Morgan fingerprint density at radius 1 is 1.46 bits per heavy atom. The van der Waals surface area contributed by atoms with Gasteiger partial charge < -0.3 is 14.6 Å². The number of halogens is 2. The molecule has 0 bridgehead atoms. The van der Waals surface area contributed by atoms with Crippen LogP contribution in [0.5, 0.6) is 0 Å². The Balaban J connectivity index is 1.85. The maximum absolute atomic E-state index is 12.2. The van der Waals surface area contributed by atoms with Crippen LogP contribution in [0.15, 0.2) is 24.5 Å². The molecule has 1 aliphatic rings. The number of rotatable bonds is 5. The molecule has 3 heterocycles. The summed E-state index contributed by atoms with van der Waals surface area (Å²) in [6.07, 6.45) is 4.76. The van der Waals surface area contributed by atoms with Crippen molar-refractivity contribution in [2.45, 2.75) is 25.4 Å². The van der Waals surface area contributed by atoms with Crippen molar-refractivity contribution < 1.29 is 9.53 Å². The SMILES string of the molecule is COCCC(=O)NC1CCn2c1c(-c1cn[nH]c1)c1ccc(Cl)c(Cl)c12. The van der Waals surface area contributed by atoms with E-state index in [0.29, 0.717) is 23.1 Å². The number of hydrogen-bond acceptors (Lipinski definition) is 3. The van der Waals surface area contributed by atoms with Crippen LogP contribution in [0.4, 0.5) is 0 Å². The highest BCUT2D eigenvalue weighted by molar-refractivity contribution is 6.45. The first-order chi connectivity index (χ1) is 12.6. The zero-order valence-corrected chi connectivity index (χ0v) is 15.7. The maximum atomic E-state index is 12.2. The van der Waals surface area contributed by atoms with Gasteiger partial charge in [0.25, 0.3) is 0 Å². The predicted molar refractivity (Wildman–Crippen MR) is 102 cm³/mol. The number of methoxy groups -OCH3 is 1. The minimum Gasteiger partial charge on any atom is -0.384 e. The Morgan fingerprint density at radius 3 is 3.04 bits per heavy atom. The van der Waals surface area contributed by atoms with Gasteiger partial charge in [-0.2, -0.15) is 5.10 Å². The van der Waals surface area contributed by atoms with Crippen LogP contribution in [0.1, 0.15) is 24.6 Å². The highest BCUT2D eigenvalue weighted by Crippen LogP contribution is 2.46. The third-order valence-electron chi connectivity index (χ3n) is 4.78. The van der Waals surface area contributed by atoms with E-state index in [9.17, 15) is 4.79 Å². The number of carbonyl (C=O) groups is 1. The van der Waals surface area contributed by atoms with Gasteiger partial charge in [-0.3, -0.25) is 9.89 Å². The molecule has 3 aromatic rings. The zero-order chi connectivity index (χ0) is 18.3. The Hall–Kier alpha value is -2.02. The third kappa shape index (κ3) is 2.78. The summed E-state index contributed by atoms with van der Waals surface area (Å²) in [7, 11) is 1.59. The van der Waals surface area contributed by atoms with E-state index in [4.69, 9.17) is 27.9 Å². The molecule has 26 heavy (non-hydrogen) atoms. The summed E-state index contributed by atoms with van der Waals surface area (Å²) >= 11 is 12.8. The molecule has 6 nitrogen and oxygen atoms in total. The topological polar surface area (TPSA) is 71.9 Å². The number of fused-ring (bicyclic) bond motifs is 3. The number of aromatic nitrogens is 3. The number of H-pyrrole nitrogens is 1. The Morgan fingerprint density at radius 2 is 2.31 bits per heavy atom. The van der Waals surface area contributed by atoms with Crippen LogP contribution in [0, 0.1) is 0 Å². The van der Waals surface area contributed by atoms with E-state index in [1.807, 2.05) is 12.3 Å². The molecule has 1 aliphatic heterocycles. The Bertz CT molecular complexity index is 966. The van der Waals surface area contributed by atoms with Crippen LogP contribution in [-0.4, -0.2) is 34.4 Å². The molecule has 2 aromatic heterocycles. The molecule has 8 heteroatoms. The van der Waals surface area contributed by atoms with Gasteiger partial charge in [-0.25, -0.2) is 0 Å². The number of aryl methyl sites for hydroxylation is 1. The van der Waals surface area contributed by atoms with Crippen LogP contribution < -0.4 is 5.32 Å². The minimum atomic E-state index is -0.0912. The van der Waals surface area contributed by atoms with Crippen LogP contribution in [0.3, 0.4) is 0 Å². The summed E-state index contributed by atoms with van der Waals surface area (Å²) < 4.78 is 7.16. The Labute approximate surface area is 160 Å². The fourth-order valence-electron chi connectivity index (χ4n) is 3.68. The number of benzene rings is 1. The molecule has 1 unspecified atom stereocenters. The molecule has 0 saturated heterocycles. The van der Waals surface area contributed by atoms with Gasteiger partial charge in [-0.05, 0) is 12.5 Å². The molecular weight excluding hydrogens is 375 g/mol. The van der Waals surface area contributed by atoms with Crippen LogP contribution in [0.25, 0.3) is 22.0 Å². The minimum absolute atomic E-state index is 0.0298. The quantitative estimate of drug-likeness (QED) is 0.690. The number of ether oxygens (including phenoxy) is 1. The first kappa shape index (κ1) is 17.4. The van der Waals surface area contributed by atoms with Gasteiger partial charge in [0, 0.05) is 48.5 Å². The van der Waals surface area contributed by atoms with Crippen LogP contribution in [-0.2, 0) is 16.1 Å². The van der Waals surface area contributed by atoms with Gasteiger partial charge in [0.15, 0.2) is 0 Å². The van der Waals surface area contributed by atoms with Gasteiger partial charge in [-0.1, -0.05) is 29.3 Å². The fraction of sp³-hybridized carbons (Fsp3) is 0.333. The summed E-state index contributed by atoms with van der Waals surface area (Å²) in [5.74, 6) is -0.0298. The normalized spacial score (nSPS) is 16.2. The van der Waals surface area contributed by atoms with E-state index >= 15 is 0 Å². The molecule has 1 amide bonds. The summed E-state index contributed by atoms with van der Waals surface area (Å²) in [5.41, 5.74) is 3.93. The molecule has 2 N–H and O–H groups in total. The fourth-order valence-corrected chi connectivity index (χ4v) is 4.10. The lowest BCUT2D eigenvalue weighted by Crippen LogP contribution is -2.28. The van der Waals surface area contributed by atoms with Gasteiger partial charge in [0.1, 0.15) is 0 Å². The number of nitrogens with zero attached hydrogens (tertiary/aromatic N) is 2. The Kier molecular flexibility index (Phi) is 4.65. The second kappa shape index (κ2) is 6.95. The molecule has 1 atom stereocenters. The van der Waals surface area contributed by atoms with Crippen molar-refractivity contribution in [3.8, 4) is 11.1 Å². The second-order valence-corrected chi connectivity index (χ2v) is 7.09. The molecule has 4 rings (SSSR count). The average molecular weight is 393 g/mol. The highest BCUT2D eigenvalue weighted by atomic mass is 35.5. The van der Waals surface area contributed by atoms with E-state index in [0.717, 1.165) is 40.7 Å². The van der Waals surface area contributed by atoms with Crippen molar-refractivity contribution in [3.63, 3.8) is 0 Å². The largest absolute Gasteiger partial charge is 0.384 e. The number of nitrogens with one attached hydrogen (secondary N) is 2. The standard InChI is InChI=1S/C18H18Cl2N4O2/c1-26-7-5-14(25)23-13-4-6-24-17-11(2-3-12(19)16(17)20)15(18(13)24)10-8-21-22-9-10/h2-3,8-9,13H,4-7H2,1H3,(H,21,22)(H,23,25). The van der Waals surface area contributed by atoms with Gasteiger partial charge in [0.05, 0.1) is 34.4 Å². The molecule has 0 fully saturated rings. The lowest BCUT2D eigenvalue weighted by atomic mass is 10.0. The van der Waals surface area contributed by atoms with Crippen LogP contribution >= 0.6 is 23.2 Å². The number of hydrogen-bond donors (Lipinski definition) is 2. The van der Waals surface area contributed by atoms with Crippen LogP contribution in [0.2, 0.25) is 10.0 Å². The summed E-state index contributed by atoms with van der Waals surface area (Å²) in [5, 5.41) is 12.1. The van der Waals surface area contributed by atoms with E-state index in [-0.39, 0.29) is 11.9 Å². The molecule has 0 radical (unpaired) electrons. The predicted octanol–water partition coefficient (Wildman–Crippen LogP) is 3.94. The van der Waals surface area contributed by atoms with Gasteiger partial charge in [0.2, 0.25) is 5.91 Å². The van der Waals surface area contributed by atoms with Gasteiger partial charge in [-0.15, -0.1) is 0 Å². The third-order valence-corrected chi connectivity index (χ3v) is 5.58. The van der Waals surface area contributed by atoms with Crippen molar-refractivity contribution in [2.24, 2.45) is 0 Å². The average Bonchev–Trinajstić information content (AvgIpc) is 3.33. The molecule has 136 valence electrons. The summed E-state index contributed by atoms with van der Waals surface area (Å²) in [6.45, 7) is 1.16. The first-order valence-electron chi connectivity index (χ1n) is 8.39. The van der Waals surface area contributed by atoms with E-state index in [2.05, 4.69) is 20.1 Å². The van der Waals surface area contributed by atoms with E-state index in [1.54, 1.807) is 19.4 Å². The first-order valence-corrected chi connectivity index (χ1v) is 9.15. The molecular formula is C18H18Cl2N4O2. The van der Waals surface area contributed by atoms with Crippen molar-refractivity contribution in [3.05, 3.63) is 40.3 Å². The number of aromatic amines is 1. The second-order valence-electron chi connectivity index (χ2n) is 6.31. The maximum Gasteiger partial charge on any atom is 0.222 e. The van der Waals surface area contributed by atoms with Crippen molar-refractivity contribution in [1.82, 2.24) is 20.1 Å². The van der Waals surface area contributed by atoms with Crippen molar-refractivity contribution in [1.29, 1.82) is 0 Å². The summed E-state index contributed by atoms with van der Waals surface area (Å²) in [4.78, 5) is 12.2. The van der Waals surface area contributed by atoms with Crippen molar-refractivity contribution >= 4 is 40.0 Å². The lowest BCUT2D eigenvalue weighted by molar-refractivity contribution is -0.122. The molecule has 0 saturated carbocycles. The summed E-state index contributed by atoms with van der Waals surface area (Å²) in [6, 6.07) is 3.69. The smallest absolute Gasteiger partial charge is 0.222 e. The molecule has 1 aromatic carbocycles. The zero-order valence-electron chi connectivity index (χ0n) is 14.2. The highest BCUT2D eigenvalue weighted by Gasteiger charge is 2.32. The van der Waals surface area contributed by atoms with E-state index < -0.39 is 0 Å².